The predicted molar refractivity (Wildman–Crippen MR) is 111 cm³/mol. The van der Waals surface area contributed by atoms with Gasteiger partial charge in [-0.05, 0) is 32.0 Å². The second-order valence-electron chi connectivity index (χ2n) is 7.74. The number of aryl methyl sites for hydroxylation is 1. The number of anilines is 1. The van der Waals surface area contributed by atoms with Gasteiger partial charge < -0.3 is 25.5 Å². The Labute approximate surface area is 168 Å². The van der Waals surface area contributed by atoms with Gasteiger partial charge in [-0.3, -0.25) is 5.32 Å². The number of aromatic nitrogens is 1. The van der Waals surface area contributed by atoms with Crippen LogP contribution in [0.4, 0.5) is 5.69 Å². The fraction of sp³-hybridized carbons (Fsp3) is 0.450. The summed E-state index contributed by atoms with van der Waals surface area (Å²) in [6, 6.07) is 5.49. The fourth-order valence-electron chi connectivity index (χ4n) is 4.18. The third-order valence-corrected chi connectivity index (χ3v) is 7.47. The van der Waals surface area contributed by atoms with Crippen molar-refractivity contribution in [3.8, 4) is 17.1 Å². The summed E-state index contributed by atoms with van der Waals surface area (Å²) in [5.74, 6) is 1.30. The molecule has 3 heterocycles. The Morgan fingerprint density at radius 2 is 2.21 bits per heavy atom. The smallest absolute Gasteiger partial charge is 0.191 e. The minimum Gasteiger partial charge on any atom is -0.507 e. The van der Waals surface area contributed by atoms with E-state index < -0.39 is 0 Å². The van der Waals surface area contributed by atoms with Gasteiger partial charge in [0.05, 0.1) is 17.9 Å². The molecule has 0 radical (unpaired) electrons. The van der Waals surface area contributed by atoms with Crippen LogP contribution in [0.1, 0.15) is 31.6 Å². The Balaban J connectivity index is 1.32. The molecule has 2 aliphatic heterocycles. The first-order valence-corrected chi connectivity index (χ1v) is 10.5. The number of likely N-dealkylation sites (N-methyl/N-ethyl adjacent to an activating group) is 1. The number of hydrogen-bond donors (Lipinski definition) is 5. The lowest BCUT2D eigenvalue weighted by molar-refractivity contribution is 0.346. The zero-order valence-electron chi connectivity index (χ0n) is 16.0. The molecule has 2 atom stereocenters. The minimum absolute atomic E-state index is 0.121. The zero-order valence-corrected chi connectivity index (χ0v) is 16.8. The molecule has 5 N–H and O–H groups in total. The van der Waals surface area contributed by atoms with Crippen molar-refractivity contribution in [2.45, 2.75) is 49.8 Å². The highest BCUT2D eigenvalue weighted by molar-refractivity contribution is 8.04. The molecule has 0 bridgehead atoms. The highest BCUT2D eigenvalue weighted by atomic mass is 32.2. The topological polar surface area (TPSA) is 94.4 Å². The Bertz CT molecular complexity index is 936. The molecule has 8 heteroatoms. The van der Waals surface area contributed by atoms with Crippen LogP contribution in [-0.2, 0) is 0 Å². The van der Waals surface area contributed by atoms with E-state index in [0.717, 1.165) is 12.1 Å². The molecule has 1 spiro atoms. The van der Waals surface area contributed by atoms with Crippen LogP contribution in [0.5, 0.6) is 5.75 Å². The fourth-order valence-corrected chi connectivity index (χ4v) is 5.91. The minimum atomic E-state index is -0.121. The molecule has 1 saturated carbocycles. The average Bonchev–Trinajstić information content (AvgIpc) is 3.25. The summed E-state index contributed by atoms with van der Waals surface area (Å²) < 4.78 is 5.93. The van der Waals surface area contributed by atoms with Gasteiger partial charge in [0.1, 0.15) is 5.75 Å². The second kappa shape index (κ2) is 6.72. The summed E-state index contributed by atoms with van der Waals surface area (Å²) in [5.41, 5.74) is 2.79. The maximum Gasteiger partial charge on any atom is 0.191 e. The monoisotopic (exact) mass is 399 g/mol. The number of hydrogen-bond acceptors (Lipinski definition) is 8. The van der Waals surface area contributed by atoms with Gasteiger partial charge in [0.15, 0.2) is 17.9 Å². The van der Waals surface area contributed by atoms with Crippen molar-refractivity contribution >= 4 is 17.4 Å². The molecule has 1 aliphatic carbocycles. The average molecular weight is 400 g/mol. The van der Waals surface area contributed by atoms with E-state index in [2.05, 4.69) is 26.3 Å². The number of oxazole rings is 1. The quantitative estimate of drug-likeness (QED) is 0.536. The van der Waals surface area contributed by atoms with Crippen LogP contribution in [0.2, 0.25) is 0 Å². The van der Waals surface area contributed by atoms with Crippen LogP contribution >= 0.6 is 11.8 Å². The first-order valence-electron chi connectivity index (χ1n) is 9.69. The largest absolute Gasteiger partial charge is 0.507 e. The van der Waals surface area contributed by atoms with Gasteiger partial charge in [0.2, 0.25) is 0 Å². The highest BCUT2D eigenvalue weighted by Gasteiger charge is 2.47. The lowest BCUT2D eigenvalue weighted by Crippen LogP contribution is -2.59. The Kier molecular flexibility index (Phi) is 4.30. The van der Waals surface area contributed by atoms with Crippen molar-refractivity contribution in [3.05, 3.63) is 40.9 Å². The first kappa shape index (κ1) is 17.9. The van der Waals surface area contributed by atoms with E-state index in [-0.39, 0.29) is 18.2 Å². The molecule has 1 aromatic carbocycles. The third kappa shape index (κ3) is 3.05. The van der Waals surface area contributed by atoms with Gasteiger partial charge in [-0.2, -0.15) is 0 Å². The zero-order chi connectivity index (χ0) is 19.3. The van der Waals surface area contributed by atoms with Crippen molar-refractivity contribution in [1.82, 2.24) is 20.9 Å². The number of phenols is 1. The molecule has 7 nitrogen and oxygen atoms in total. The normalized spacial score (nSPS) is 25.4. The van der Waals surface area contributed by atoms with Crippen LogP contribution in [0, 0.1) is 6.92 Å². The summed E-state index contributed by atoms with van der Waals surface area (Å²) >= 11 is 2.04. The molecule has 3 aliphatic rings. The summed E-state index contributed by atoms with van der Waals surface area (Å²) in [7, 11) is 1.98. The number of thioether (sulfide) groups is 1. The van der Waals surface area contributed by atoms with Crippen molar-refractivity contribution in [3.63, 3.8) is 0 Å². The van der Waals surface area contributed by atoms with E-state index in [1.54, 1.807) is 19.2 Å². The van der Waals surface area contributed by atoms with Gasteiger partial charge in [-0.15, -0.1) is 11.8 Å². The maximum absolute atomic E-state index is 10.4. The van der Waals surface area contributed by atoms with E-state index in [1.807, 2.05) is 30.9 Å². The maximum atomic E-state index is 10.4. The van der Waals surface area contributed by atoms with Gasteiger partial charge in [-0.25, -0.2) is 4.98 Å². The third-order valence-electron chi connectivity index (χ3n) is 5.79. The number of rotatable bonds is 4. The number of phenolic OH excluding ortho intramolecular Hbond substituents is 1. The first-order chi connectivity index (χ1) is 13.5. The summed E-state index contributed by atoms with van der Waals surface area (Å²) in [6.45, 7) is 1.78. The Morgan fingerprint density at radius 1 is 1.36 bits per heavy atom. The summed E-state index contributed by atoms with van der Waals surface area (Å²) in [4.78, 5) is 5.48. The van der Waals surface area contributed by atoms with Gasteiger partial charge in [0, 0.05) is 40.4 Å². The van der Waals surface area contributed by atoms with Crippen molar-refractivity contribution in [1.29, 1.82) is 0 Å². The van der Waals surface area contributed by atoms with E-state index in [9.17, 15) is 5.11 Å². The highest BCUT2D eigenvalue weighted by Crippen LogP contribution is 2.57. The SMILES string of the molecule is CNC1NC(Nc2ccc(-c3cnc(C)o3)c(O)c2)NC2=C1SC1(CCC1)C2. The Morgan fingerprint density at radius 3 is 2.86 bits per heavy atom. The second-order valence-corrected chi connectivity index (χ2v) is 9.25. The van der Waals surface area contributed by atoms with Crippen molar-refractivity contribution in [2.75, 3.05) is 12.4 Å². The van der Waals surface area contributed by atoms with Crippen LogP contribution < -0.4 is 21.3 Å². The molecule has 28 heavy (non-hydrogen) atoms. The van der Waals surface area contributed by atoms with Gasteiger partial charge in [0.25, 0.3) is 0 Å². The number of nitrogens with zero attached hydrogens (tertiary/aromatic N) is 1. The Hall–Kier alpha value is -2.16. The van der Waals surface area contributed by atoms with Gasteiger partial charge >= 0.3 is 0 Å². The molecule has 0 amide bonds. The lowest BCUT2D eigenvalue weighted by Gasteiger charge is -2.37. The van der Waals surface area contributed by atoms with Crippen LogP contribution in [-0.4, -0.2) is 34.3 Å². The molecule has 1 fully saturated rings. The predicted octanol–water partition coefficient (Wildman–Crippen LogP) is 3.06. The molecular formula is C20H25N5O2S. The summed E-state index contributed by atoms with van der Waals surface area (Å²) in [6.07, 6.45) is 6.69. The molecule has 2 aromatic rings. The van der Waals surface area contributed by atoms with Gasteiger partial charge in [-0.1, -0.05) is 6.42 Å². The molecule has 1 aromatic heterocycles. The molecule has 5 rings (SSSR count). The van der Waals surface area contributed by atoms with E-state index in [0.29, 0.717) is 22.0 Å². The molecule has 0 saturated heterocycles. The van der Waals surface area contributed by atoms with E-state index in [4.69, 9.17) is 4.42 Å². The number of nitrogens with one attached hydrogen (secondary N) is 4. The van der Waals surface area contributed by atoms with E-state index in [1.165, 1.54) is 29.9 Å². The number of aromatic hydroxyl groups is 1. The van der Waals surface area contributed by atoms with Crippen LogP contribution in [0.3, 0.4) is 0 Å². The van der Waals surface area contributed by atoms with Crippen LogP contribution in [0.15, 0.2) is 39.4 Å². The number of allylic oxidation sites excluding steroid dienone is 1. The van der Waals surface area contributed by atoms with Crippen LogP contribution in [0.25, 0.3) is 11.3 Å². The lowest BCUT2D eigenvalue weighted by atomic mass is 9.81. The standard InChI is InChI=1S/C20H25N5O2S/c1-11-22-10-16(27-11)13-5-4-12(8-15(13)26)23-19-24-14-9-20(6-3-7-20)28-17(14)18(21-2)25-19/h4-5,8,10,18-19,21,23-26H,3,6-7,9H2,1-2H3. The number of benzene rings is 1. The van der Waals surface area contributed by atoms with E-state index >= 15 is 0 Å². The van der Waals surface area contributed by atoms with Crippen molar-refractivity contribution < 1.29 is 9.52 Å². The van der Waals surface area contributed by atoms with Crippen molar-refractivity contribution in [2.24, 2.45) is 0 Å². The molecular weight excluding hydrogens is 374 g/mol. The molecule has 2 unspecified atom stereocenters. The summed E-state index contributed by atoms with van der Waals surface area (Å²) in [5, 5.41) is 24.4. The molecule has 148 valence electrons.